The van der Waals surface area contributed by atoms with Gasteiger partial charge in [0, 0.05) is 41.0 Å². The van der Waals surface area contributed by atoms with Gasteiger partial charge in [0.1, 0.15) is 11.3 Å². The van der Waals surface area contributed by atoms with Gasteiger partial charge in [0.25, 0.3) is 5.91 Å². The SMILES string of the molecule is CCN1CCc2cc(-c3oc4c(C(C)Nc5ccccc5C(=O)O)cc(C)cc4c(=O)c3C)ccc2C1=O. The van der Waals surface area contributed by atoms with Gasteiger partial charge in [-0.05, 0) is 75.6 Å². The summed E-state index contributed by atoms with van der Waals surface area (Å²) in [6, 6.07) is 15.8. The number of carbonyl (C=O) groups excluding carboxylic acids is 1. The number of rotatable bonds is 6. The Morgan fingerprint density at radius 2 is 1.87 bits per heavy atom. The van der Waals surface area contributed by atoms with Gasteiger partial charge >= 0.3 is 5.97 Å². The Bertz CT molecular complexity index is 1650. The fraction of sp³-hybridized carbons (Fsp3) is 0.258. The zero-order valence-corrected chi connectivity index (χ0v) is 21.9. The number of carboxylic acid groups (broad SMARTS) is 1. The summed E-state index contributed by atoms with van der Waals surface area (Å²) in [6.07, 6.45) is 0.744. The number of likely N-dealkylation sites (N-methyl/N-ethyl adjacent to an activating group) is 1. The van der Waals surface area contributed by atoms with Crippen molar-refractivity contribution in [3.8, 4) is 11.3 Å². The fourth-order valence-electron chi connectivity index (χ4n) is 5.25. The number of aryl methyl sites for hydroxylation is 1. The predicted octanol–water partition coefficient (Wildman–Crippen LogP) is 5.97. The van der Waals surface area contributed by atoms with Crippen LogP contribution in [0.15, 0.2) is 63.8 Å². The van der Waals surface area contributed by atoms with E-state index in [4.69, 9.17) is 4.42 Å². The number of nitrogens with one attached hydrogen (secondary N) is 1. The highest BCUT2D eigenvalue weighted by atomic mass is 16.4. The summed E-state index contributed by atoms with van der Waals surface area (Å²) in [5.41, 5.74) is 5.54. The van der Waals surface area contributed by atoms with Crippen LogP contribution >= 0.6 is 0 Å². The van der Waals surface area contributed by atoms with Crippen molar-refractivity contribution in [2.45, 2.75) is 40.2 Å². The number of carboxylic acids is 1. The number of fused-ring (bicyclic) bond motifs is 2. The van der Waals surface area contributed by atoms with Crippen LogP contribution in [0.5, 0.6) is 0 Å². The zero-order valence-electron chi connectivity index (χ0n) is 21.9. The quantitative estimate of drug-likeness (QED) is 0.332. The molecule has 0 saturated heterocycles. The van der Waals surface area contributed by atoms with Crippen LogP contribution in [-0.4, -0.2) is 35.0 Å². The number of nitrogens with zero attached hydrogens (tertiary/aromatic N) is 1. The number of para-hydroxylation sites is 1. The molecule has 5 rings (SSSR count). The van der Waals surface area contributed by atoms with Crippen molar-refractivity contribution in [2.24, 2.45) is 0 Å². The second-order valence-corrected chi connectivity index (χ2v) is 9.84. The Morgan fingerprint density at radius 1 is 1.11 bits per heavy atom. The van der Waals surface area contributed by atoms with Crippen LogP contribution in [0.2, 0.25) is 0 Å². The average Bonchev–Trinajstić information content (AvgIpc) is 2.90. The Balaban J connectivity index is 1.63. The van der Waals surface area contributed by atoms with Gasteiger partial charge in [0.05, 0.1) is 17.0 Å². The van der Waals surface area contributed by atoms with Crippen LogP contribution in [0.25, 0.3) is 22.3 Å². The lowest BCUT2D eigenvalue weighted by atomic mass is 9.94. The molecule has 2 heterocycles. The van der Waals surface area contributed by atoms with Gasteiger partial charge in [0.15, 0.2) is 5.43 Å². The van der Waals surface area contributed by atoms with Crippen molar-refractivity contribution in [1.82, 2.24) is 4.90 Å². The van der Waals surface area contributed by atoms with Crippen LogP contribution < -0.4 is 10.7 Å². The van der Waals surface area contributed by atoms with E-state index < -0.39 is 5.97 Å². The molecular formula is C31H30N2O5. The van der Waals surface area contributed by atoms with Crippen molar-refractivity contribution in [2.75, 3.05) is 18.4 Å². The third-order valence-electron chi connectivity index (χ3n) is 7.31. The van der Waals surface area contributed by atoms with E-state index in [0.29, 0.717) is 46.6 Å². The average molecular weight is 511 g/mol. The van der Waals surface area contributed by atoms with Crippen LogP contribution in [0.4, 0.5) is 5.69 Å². The molecule has 0 bridgehead atoms. The molecular weight excluding hydrogens is 480 g/mol. The molecule has 1 unspecified atom stereocenters. The molecule has 7 nitrogen and oxygen atoms in total. The Hall–Kier alpha value is -4.39. The third kappa shape index (κ3) is 4.34. The van der Waals surface area contributed by atoms with Crippen LogP contribution in [-0.2, 0) is 6.42 Å². The second kappa shape index (κ2) is 9.82. The van der Waals surface area contributed by atoms with Crippen molar-refractivity contribution >= 4 is 28.5 Å². The lowest BCUT2D eigenvalue weighted by Gasteiger charge is -2.27. The lowest BCUT2D eigenvalue weighted by molar-refractivity contribution is 0.0696. The molecule has 1 aliphatic rings. The van der Waals surface area contributed by atoms with Crippen LogP contribution in [0.1, 0.15) is 62.9 Å². The Kier molecular flexibility index (Phi) is 6.53. The van der Waals surface area contributed by atoms with Crippen molar-refractivity contribution in [1.29, 1.82) is 0 Å². The molecule has 0 radical (unpaired) electrons. The third-order valence-corrected chi connectivity index (χ3v) is 7.31. The maximum atomic E-state index is 13.6. The van der Waals surface area contributed by atoms with Gasteiger partial charge in [-0.15, -0.1) is 0 Å². The standard InChI is InChI=1S/C31H30N2O5/c1-5-33-13-12-20-16-21(10-11-22(20)30(33)35)28-18(3)27(34)25-15-17(2)14-24(29(25)38-28)19(4)32-26-9-7-6-8-23(26)31(36)37/h6-11,14-16,19,32H,5,12-13H2,1-4H3,(H,36,37). The van der Waals surface area contributed by atoms with Crippen molar-refractivity contribution in [3.05, 3.63) is 98.2 Å². The molecule has 1 aliphatic heterocycles. The van der Waals surface area contributed by atoms with E-state index in [9.17, 15) is 19.5 Å². The van der Waals surface area contributed by atoms with Gasteiger partial charge in [0.2, 0.25) is 0 Å². The summed E-state index contributed by atoms with van der Waals surface area (Å²) < 4.78 is 6.49. The summed E-state index contributed by atoms with van der Waals surface area (Å²) in [4.78, 5) is 39.9. The molecule has 0 spiro atoms. The molecule has 0 fully saturated rings. The first-order valence-corrected chi connectivity index (χ1v) is 12.8. The molecule has 38 heavy (non-hydrogen) atoms. The highest BCUT2D eigenvalue weighted by Gasteiger charge is 2.25. The van der Waals surface area contributed by atoms with Gasteiger partial charge in [-0.3, -0.25) is 9.59 Å². The molecule has 7 heteroatoms. The number of hydrogen-bond donors (Lipinski definition) is 2. The number of aromatic carboxylic acids is 1. The van der Waals surface area contributed by atoms with E-state index in [1.807, 2.05) is 56.0 Å². The smallest absolute Gasteiger partial charge is 0.337 e. The zero-order chi connectivity index (χ0) is 27.1. The Morgan fingerprint density at radius 3 is 2.61 bits per heavy atom. The first kappa shape index (κ1) is 25.3. The number of anilines is 1. The van der Waals surface area contributed by atoms with E-state index in [2.05, 4.69) is 5.32 Å². The van der Waals surface area contributed by atoms with Crippen LogP contribution in [0, 0.1) is 13.8 Å². The summed E-state index contributed by atoms with van der Waals surface area (Å²) in [5.74, 6) is -0.526. The monoisotopic (exact) mass is 510 g/mol. The lowest BCUT2D eigenvalue weighted by Crippen LogP contribution is -2.37. The van der Waals surface area contributed by atoms with Gasteiger partial charge < -0.3 is 19.7 Å². The maximum Gasteiger partial charge on any atom is 0.337 e. The minimum Gasteiger partial charge on any atom is -0.478 e. The summed E-state index contributed by atoms with van der Waals surface area (Å²) in [6.45, 7) is 8.90. The molecule has 0 saturated carbocycles. The number of carbonyl (C=O) groups is 2. The normalized spacial score (nSPS) is 13.9. The van der Waals surface area contributed by atoms with Crippen molar-refractivity contribution < 1.29 is 19.1 Å². The molecule has 0 aliphatic carbocycles. The maximum absolute atomic E-state index is 13.6. The number of hydrogen-bond acceptors (Lipinski definition) is 5. The molecule has 1 amide bonds. The van der Waals surface area contributed by atoms with Gasteiger partial charge in [-0.2, -0.15) is 0 Å². The molecule has 1 atom stereocenters. The summed E-state index contributed by atoms with van der Waals surface area (Å²) in [5, 5.41) is 13.4. The van der Waals surface area contributed by atoms with E-state index in [1.165, 1.54) is 0 Å². The highest BCUT2D eigenvalue weighted by Crippen LogP contribution is 2.34. The van der Waals surface area contributed by atoms with E-state index in [0.717, 1.165) is 28.7 Å². The highest BCUT2D eigenvalue weighted by molar-refractivity contribution is 5.97. The molecule has 4 aromatic rings. The predicted molar refractivity (Wildman–Crippen MR) is 148 cm³/mol. The van der Waals surface area contributed by atoms with Gasteiger partial charge in [-0.25, -0.2) is 4.79 Å². The number of benzene rings is 3. The minimum absolute atomic E-state index is 0.0243. The molecule has 194 valence electrons. The first-order chi connectivity index (χ1) is 18.2. The topological polar surface area (TPSA) is 99.8 Å². The van der Waals surface area contributed by atoms with Crippen LogP contribution in [0.3, 0.4) is 0 Å². The Labute approximate surface area is 220 Å². The van der Waals surface area contributed by atoms with Crippen molar-refractivity contribution in [3.63, 3.8) is 0 Å². The largest absolute Gasteiger partial charge is 0.478 e. The summed E-state index contributed by atoms with van der Waals surface area (Å²) in [7, 11) is 0. The minimum atomic E-state index is -1.02. The second-order valence-electron chi connectivity index (χ2n) is 9.84. The first-order valence-electron chi connectivity index (χ1n) is 12.8. The molecule has 3 aromatic carbocycles. The van der Waals surface area contributed by atoms with E-state index in [1.54, 1.807) is 31.2 Å². The summed E-state index contributed by atoms with van der Waals surface area (Å²) >= 11 is 0. The molecule has 2 N–H and O–H groups in total. The molecule has 1 aromatic heterocycles. The van der Waals surface area contributed by atoms with E-state index >= 15 is 0 Å². The van der Waals surface area contributed by atoms with E-state index in [-0.39, 0.29) is 22.9 Å². The van der Waals surface area contributed by atoms with Gasteiger partial charge in [-0.1, -0.05) is 24.3 Å². The fourth-order valence-corrected chi connectivity index (χ4v) is 5.25. The number of amides is 1.